The molecule has 2 saturated heterocycles. The molecule has 2 aromatic rings. The highest BCUT2D eigenvalue weighted by Crippen LogP contribution is 2.36. The number of fused-ring (bicyclic) bond motifs is 1. The van der Waals surface area contributed by atoms with E-state index in [4.69, 9.17) is 21.1 Å². The Balaban J connectivity index is 1.79. The normalized spacial score (nSPS) is 24.2. The Labute approximate surface area is 164 Å². The number of nitrogens with one attached hydrogen (secondary N) is 1. The molecule has 3 atom stereocenters. The number of hydrogen-bond donors (Lipinski definition) is 1. The van der Waals surface area contributed by atoms with Crippen LogP contribution in [-0.4, -0.2) is 32.2 Å². The minimum atomic E-state index is -0.0898. The molecule has 5 nitrogen and oxygen atoms in total. The number of hydrogen-bond acceptors (Lipinski definition) is 3. The minimum absolute atomic E-state index is 0.00606. The van der Waals surface area contributed by atoms with Crippen molar-refractivity contribution in [2.75, 3.05) is 25.2 Å². The van der Waals surface area contributed by atoms with Crippen LogP contribution in [0.15, 0.2) is 42.5 Å². The van der Waals surface area contributed by atoms with E-state index in [-0.39, 0.29) is 18.1 Å². The van der Waals surface area contributed by atoms with Crippen molar-refractivity contribution < 1.29 is 19.2 Å². The number of anilines is 1. The van der Waals surface area contributed by atoms with E-state index in [9.17, 15) is 4.79 Å². The largest absolute Gasteiger partial charge is 0.493 e. The second-order valence-corrected chi connectivity index (χ2v) is 7.39. The first-order valence-electron chi connectivity index (χ1n) is 9.39. The molecule has 0 radical (unpaired) electrons. The van der Waals surface area contributed by atoms with Crippen molar-refractivity contribution in [3.05, 3.63) is 53.1 Å². The van der Waals surface area contributed by atoms with Gasteiger partial charge in [-0.3, -0.25) is 9.69 Å². The van der Waals surface area contributed by atoms with Gasteiger partial charge in [-0.1, -0.05) is 17.7 Å². The number of benzene rings is 2. The van der Waals surface area contributed by atoms with Crippen molar-refractivity contribution in [3.63, 3.8) is 0 Å². The molecule has 2 fully saturated rings. The third-order valence-electron chi connectivity index (χ3n) is 5.44. The molecule has 0 bridgehead atoms. The van der Waals surface area contributed by atoms with Crippen LogP contribution in [-0.2, 0) is 4.79 Å². The maximum absolute atomic E-state index is 13.2. The fourth-order valence-corrected chi connectivity index (χ4v) is 4.52. The van der Waals surface area contributed by atoms with Crippen LogP contribution < -0.4 is 19.3 Å². The Morgan fingerprint density at radius 1 is 1.22 bits per heavy atom. The molecule has 1 amide bonds. The lowest BCUT2D eigenvalue weighted by Gasteiger charge is -2.27. The predicted molar refractivity (Wildman–Crippen MR) is 105 cm³/mol. The average molecular weight is 388 g/mol. The van der Waals surface area contributed by atoms with Crippen LogP contribution in [0.1, 0.15) is 31.5 Å². The van der Waals surface area contributed by atoms with Crippen LogP contribution in [0, 0.1) is 0 Å². The van der Waals surface area contributed by atoms with E-state index >= 15 is 0 Å². The van der Waals surface area contributed by atoms with Crippen molar-refractivity contribution >= 4 is 23.2 Å². The van der Waals surface area contributed by atoms with Crippen LogP contribution in [0.3, 0.4) is 0 Å². The molecule has 0 aromatic heterocycles. The van der Waals surface area contributed by atoms with Crippen molar-refractivity contribution in [3.8, 4) is 11.5 Å². The van der Waals surface area contributed by atoms with Gasteiger partial charge in [0.15, 0.2) is 23.7 Å². The minimum Gasteiger partial charge on any atom is -0.493 e. The summed E-state index contributed by atoms with van der Waals surface area (Å²) in [5.74, 6) is 1.58. The summed E-state index contributed by atoms with van der Waals surface area (Å²) in [6, 6.07) is 13.5. The van der Waals surface area contributed by atoms with E-state index in [1.807, 2.05) is 54.3 Å². The number of methoxy groups -OCH3 is 1. The summed E-state index contributed by atoms with van der Waals surface area (Å²) in [7, 11) is 1.64. The van der Waals surface area contributed by atoms with Crippen molar-refractivity contribution in [2.45, 2.75) is 32.0 Å². The molecule has 27 heavy (non-hydrogen) atoms. The van der Waals surface area contributed by atoms with Gasteiger partial charge in [0.25, 0.3) is 5.91 Å². The van der Waals surface area contributed by atoms with Crippen LogP contribution in [0.4, 0.5) is 5.69 Å². The van der Waals surface area contributed by atoms with Gasteiger partial charge in [-0.05, 0) is 43.3 Å². The van der Waals surface area contributed by atoms with Gasteiger partial charge in [-0.2, -0.15) is 0 Å². The van der Waals surface area contributed by atoms with Gasteiger partial charge in [-0.25, -0.2) is 0 Å². The molecule has 2 heterocycles. The first-order valence-corrected chi connectivity index (χ1v) is 9.76. The van der Waals surface area contributed by atoms with Gasteiger partial charge >= 0.3 is 0 Å². The molecular formula is C21H24ClN2O3+. The number of quaternary nitrogens is 1. The van der Waals surface area contributed by atoms with Crippen molar-refractivity contribution in [2.24, 2.45) is 0 Å². The summed E-state index contributed by atoms with van der Waals surface area (Å²) in [5, 5.41) is 0.630. The fourth-order valence-electron chi connectivity index (χ4n) is 4.33. The maximum atomic E-state index is 13.2. The number of halogens is 1. The van der Waals surface area contributed by atoms with E-state index in [1.165, 1.54) is 4.90 Å². The molecule has 2 aliphatic heterocycles. The third-order valence-corrected chi connectivity index (χ3v) is 5.68. The fraction of sp³-hybridized carbons (Fsp3) is 0.381. The Hall–Kier alpha value is -2.24. The Morgan fingerprint density at radius 3 is 2.81 bits per heavy atom. The molecule has 1 N–H and O–H groups in total. The lowest BCUT2D eigenvalue weighted by Crippen LogP contribution is -3.12. The van der Waals surface area contributed by atoms with E-state index in [0.29, 0.717) is 17.4 Å². The second kappa shape index (κ2) is 7.41. The van der Waals surface area contributed by atoms with Crippen LogP contribution in [0.25, 0.3) is 0 Å². The van der Waals surface area contributed by atoms with E-state index < -0.39 is 0 Å². The van der Waals surface area contributed by atoms with Crippen molar-refractivity contribution in [1.82, 2.24) is 0 Å². The monoisotopic (exact) mass is 387 g/mol. The van der Waals surface area contributed by atoms with Crippen molar-refractivity contribution in [1.29, 1.82) is 0 Å². The SMILES string of the molecule is CCOc1ccc([C@H]2N(c3cccc(Cl)c3)C(=O)[C@H]3CCC[NH+]32)cc1OC. The average Bonchev–Trinajstić information content (AvgIpc) is 3.24. The Morgan fingerprint density at radius 2 is 2.07 bits per heavy atom. The summed E-state index contributed by atoms with van der Waals surface area (Å²) in [6.45, 7) is 3.50. The van der Waals surface area contributed by atoms with Gasteiger partial charge in [0.2, 0.25) is 0 Å². The number of carbonyl (C=O) groups excluding carboxylic acids is 1. The smallest absolute Gasteiger partial charge is 0.290 e. The van der Waals surface area contributed by atoms with Crippen LogP contribution in [0.5, 0.6) is 11.5 Å². The number of ether oxygens (including phenoxy) is 2. The van der Waals surface area contributed by atoms with E-state index in [2.05, 4.69) is 0 Å². The summed E-state index contributed by atoms with van der Waals surface area (Å²) >= 11 is 6.21. The topological polar surface area (TPSA) is 43.2 Å². The highest BCUT2D eigenvalue weighted by molar-refractivity contribution is 6.31. The van der Waals surface area contributed by atoms with Gasteiger partial charge in [0.1, 0.15) is 0 Å². The molecular weight excluding hydrogens is 364 g/mol. The number of rotatable bonds is 5. The molecule has 2 aromatic carbocycles. The standard InChI is InChI=1S/C21H23ClN2O3/c1-3-27-18-10-9-14(12-19(18)26-2)20-23-11-5-8-17(23)21(25)24(20)16-7-4-6-15(22)13-16/h4,6-7,9-10,12-13,17,20H,3,5,8,11H2,1-2H3/p+1/t17-,20-/m1/s1. The molecule has 142 valence electrons. The molecule has 0 saturated carbocycles. The number of nitrogens with zero attached hydrogens (tertiary/aromatic N) is 1. The summed E-state index contributed by atoms with van der Waals surface area (Å²) in [5.41, 5.74) is 1.88. The molecule has 0 aliphatic carbocycles. The van der Waals surface area contributed by atoms with E-state index in [1.54, 1.807) is 7.11 Å². The zero-order valence-electron chi connectivity index (χ0n) is 15.6. The quantitative estimate of drug-likeness (QED) is 0.857. The second-order valence-electron chi connectivity index (χ2n) is 6.95. The zero-order chi connectivity index (χ0) is 19.0. The number of carbonyl (C=O) groups is 1. The Bertz CT molecular complexity index is 857. The van der Waals surface area contributed by atoms with Crippen LogP contribution in [0.2, 0.25) is 5.02 Å². The molecule has 4 rings (SSSR count). The number of amides is 1. The zero-order valence-corrected chi connectivity index (χ0v) is 16.3. The highest BCUT2D eigenvalue weighted by atomic mass is 35.5. The molecule has 6 heteroatoms. The third kappa shape index (κ3) is 3.15. The van der Waals surface area contributed by atoms with Gasteiger partial charge < -0.3 is 14.4 Å². The molecule has 1 unspecified atom stereocenters. The first kappa shape index (κ1) is 18.1. The van der Waals surface area contributed by atoms with E-state index in [0.717, 1.165) is 36.4 Å². The molecule has 0 spiro atoms. The summed E-state index contributed by atoms with van der Waals surface area (Å²) in [6.07, 6.45) is 1.91. The lowest BCUT2D eigenvalue weighted by atomic mass is 10.1. The van der Waals surface area contributed by atoms with Crippen LogP contribution >= 0.6 is 11.6 Å². The molecule has 2 aliphatic rings. The maximum Gasteiger partial charge on any atom is 0.290 e. The summed E-state index contributed by atoms with van der Waals surface area (Å²) in [4.78, 5) is 16.4. The van der Waals surface area contributed by atoms with Gasteiger partial charge in [-0.15, -0.1) is 0 Å². The summed E-state index contributed by atoms with van der Waals surface area (Å²) < 4.78 is 11.2. The lowest BCUT2D eigenvalue weighted by molar-refractivity contribution is -0.924. The Kier molecular flexibility index (Phi) is 4.98. The van der Waals surface area contributed by atoms with Gasteiger partial charge in [0.05, 0.1) is 25.9 Å². The highest BCUT2D eigenvalue weighted by Gasteiger charge is 2.53. The van der Waals surface area contributed by atoms with Gasteiger partial charge in [0, 0.05) is 23.4 Å². The first-order chi connectivity index (χ1) is 13.1. The predicted octanol–water partition coefficient (Wildman–Crippen LogP) is 2.84.